The van der Waals surface area contributed by atoms with Gasteiger partial charge in [0.15, 0.2) is 11.5 Å². The maximum atomic E-state index is 12.6. The zero-order chi connectivity index (χ0) is 17.8. The molecule has 0 bridgehead atoms. The highest BCUT2D eigenvalue weighted by Gasteiger charge is 2.17. The number of benzene rings is 2. The second kappa shape index (κ2) is 7.38. The van der Waals surface area contributed by atoms with Crippen molar-refractivity contribution < 1.29 is 27.8 Å². The molecule has 0 saturated heterocycles. The molecule has 2 aromatic carbocycles. The van der Waals surface area contributed by atoms with Gasteiger partial charge in [-0.25, -0.2) is 0 Å². The van der Waals surface area contributed by atoms with Crippen LogP contribution in [0.4, 0.5) is 8.78 Å². The lowest BCUT2D eigenvalue weighted by atomic mass is 10.1. The molecular formula is C18H17F2NO4. The lowest BCUT2D eigenvalue weighted by molar-refractivity contribution is -0.0498. The van der Waals surface area contributed by atoms with Gasteiger partial charge >= 0.3 is 6.61 Å². The van der Waals surface area contributed by atoms with E-state index in [-0.39, 0.29) is 11.7 Å². The molecule has 0 unspecified atom stereocenters. The van der Waals surface area contributed by atoms with Crippen molar-refractivity contribution in [3.05, 3.63) is 53.6 Å². The molecule has 5 nitrogen and oxygen atoms in total. The minimum atomic E-state index is -2.86. The Kier molecular flexibility index (Phi) is 5.02. The molecule has 1 aliphatic rings. The van der Waals surface area contributed by atoms with Gasteiger partial charge in [-0.3, -0.25) is 4.79 Å². The van der Waals surface area contributed by atoms with Crippen LogP contribution >= 0.6 is 0 Å². The molecule has 0 aromatic heterocycles. The lowest BCUT2D eigenvalue weighted by Crippen LogP contribution is -2.26. The van der Waals surface area contributed by atoms with Crippen molar-refractivity contribution in [2.24, 2.45) is 0 Å². The van der Waals surface area contributed by atoms with E-state index in [1.807, 2.05) is 0 Å². The second-order valence-corrected chi connectivity index (χ2v) is 5.54. The van der Waals surface area contributed by atoms with Crippen LogP contribution in [0.5, 0.6) is 17.2 Å². The van der Waals surface area contributed by atoms with Crippen LogP contribution in [0.3, 0.4) is 0 Å². The zero-order valence-corrected chi connectivity index (χ0v) is 13.6. The Morgan fingerprint density at radius 3 is 2.48 bits per heavy atom. The van der Waals surface area contributed by atoms with Gasteiger partial charge in [-0.15, -0.1) is 0 Å². The van der Waals surface area contributed by atoms with Crippen LogP contribution < -0.4 is 14.2 Å². The van der Waals surface area contributed by atoms with Crippen molar-refractivity contribution in [3.8, 4) is 17.2 Å². The number of hydrogen-bond acceptors (Lipinski definition) is 4. The number of fused-ring (bicyclic) bond motifs is 1. The number of alkyl halides is 2. The minimum absolute atomic E-state index is 0.0829. The molecule has 3 rings (SSSR count). The highest BCUT2D eigenvalue weighted by molar-refractivity contribution is 5.94. The van der Waals surface area contributed by atoms with Gasteiger partial charge in [0, 0.05) is 19.2 Å². The Morgan fingerprint density at radius 2 is 1.80 bits per heavy atom. The Bertz CT molecular complexity index is 749. The van der Waals surface area contributed by atoms with Gasteiger partial charge in [0.2, 0.25) is 0 Å². The molecular weight excluding hydrogens is 332 g/mol. The van der Waals surface area contributed by atoms with Crippen molar-refractivity contribution >= 4 is 5.91 Å². The summed E-state index contributed by atoms with van der Waals surface area (Å²) in [6.45, 7) is -1.58. The third-order valence-electron chi connectivity index (χ3n) is 3.70. The first-order valence-corrected chi connectivity index (χ1v) is 7.72. The first-order chi connectivity index (χ1) is 12.0. The predicted molar refractivity (Wildman–Crippen MR) is 86.3 cm³/mol. The number of carbonyl (C=O) groups excluding carboxylic acids is 1. The van der Waals surface area contributed by atoms with Gasteiger partial charge in [0.05, 0.1) is 0 Å². The predicted octanol–water partition coefficient (Wildman–Crippen LogP) is 3.33. The number of amides is 1. The fourth-order valence-electron chi connectivity index (χ4n) is 2.52. The van der Waals surface area contributed by atoms with E-state index in [0.29, 0.717) is 36.8 Å². The summed E-state index contributed by atoms with van der Waals surface area (Å²) in [7, 11) is 1.67. The molecule has 0 fully saturated rings. The topological polar surface area (TPSA) is 48.0 Å². The van der Waals surface area contributed by atoms with E-state index in [0.717, 1.165) is 5.56 Å². The number of ether oxygens (including phenoxy) is 3. The Balaban J connectivity index is 1.66. The molecule has 0 aliphatic carbocycles. The van der Waals surface area contributed by atoms with Gasteiger partial charge in [0.1, 0.15) is 19.0 Å². The molecule has 0 atom stereocenters. The van der Waals surface area contributed by atoms with E-state index >= 15 is 0 Å². The fraction of sp³-hybridized carbons (Fsp3) is 0.278. The molecule has 0 spiro atoms. The van der Waals surface area contributed by atoms with E-state index in [1.165, 1.54) is 17.0 Å². The van der Waals surface area contributed by atoms with Crippen LogP contribution in [0.2, 0.25) is 0 Å². The maximum Gasteiger partial charge on any atom is 0.387 e. The molecule has 25 heavy (non-hydrogen) atoms. The molecule has 1 amide bonds. The quantitative estimate of drug-likeness (QED) is 0.831. The molecule has 0 radical (unpaired) electrons. The van der Waals surface area contributed by atoms with Crippen LogP contribution in [0.25, 0.3) is 0 Å². The van der Waals surface area contributed by atoms with Crippen LogP contribution in [0, 0.1) is 0 Å². The summed E-state index contributed by atoms with van der Waals surface area (Å²) < 4.78 is 39.5. The fourth-order valence-corrected chi connectivity index (χ4v) is 2.52. The standard InChI is InChI=1S/C18H17F2NO4/c1-21(11-12-2-5-14(6-3-12)25-18(19)20)17(22)13-4-7-15-16(10-13)24-9-8-23-15/h2-7,10,18H,8-9,11H2,1H3. The lowest BCUT2D eigenvalue weighted by Gasteiger charge is -2.21. The van der Waals surface area contributed by atoms with E-state index in [1.54, 1.807) is 37.4 Å². The number of rotatable bonds is 5. The third kappa shape index (κ3) is 4.17. The van der Waals surface area contributed by atoms with Crippen LogP contribution in [-0.2, 0) is 6.54 Å². The average Bonchev–Trinajstić information content (AvgIpc) is 2.62. The van der Waals surface area contributed by atoms with Crippen molar-refractivity contribution in [2.45, 2.75) is 13.2 Å². The van der Waals surface area contributed by atoms with E-state index in [9.17, 15) is 13.6 Å². The van der Waals surface area contributed by atoms with Crippen LogP contribution in [0.15, 0.2) is 42.5 Å². The summed E-state index contributed by atoms with van der Waals surface area (Å²) in [6.07, 6.45) is 0. The van der Waals surface area contributed by atoms with Gasteiger partial charge in [-0.05, 0) is 35.9 Å². The van der Waals surface area contributed by atoms with E-state index < -0.39 is 6.61 Å². The summed E-state index contributed by atoms with van der Waals surface area (Å²) in [6, 6.07) is 11.2. The van der Waals surface area contributed by atoms with Crippen LogP contribution in [-0.4, -0.2) is 37.7 Å². The number of carbonyl (C=O) groups is 1. The van der Waals surface area contributed by atoms with E-state index in [4.69, 9.17) is 9.47 Å². The first kappa shape index (κ1) is 17.0. The SMILES string of the molecule is CN(Cc1ccc(OC(F)F)cc1)C(=O)c1ccc2c(c1)OCCO2. The molecule has 0 saturated carbocycles. The molecule has 0 N–H and O–H groups in total. The third-order valence-corrected chi connectivity index (χ3v) is 3.70. The second-order valence-electron chi connectivity index (χ2n) is 5.54. The van der Waals surface area contributed by atoms with Gasteiger partial charge in [0.25, 0.3) is 5.91 Å². The Morgan fingerprint density at radius 1 is 1.12 bits per heavy atom. The van der Waals surface area contributed by atoms with Gasteiger partial charge in [-0.2, -0.15) is 8.78 Å². The Labute approximate surface area is 143 Å². The summed E-state index contributed by atoms with van der Waals surface area (Å²) >= 11 is 0. The van der Waals surface area contributed by atoms with Crippen molar-refractivity contribution in [2.75, 3.05) is 20.3 Å². The highest BCUT2D eigenvalue weighted by atomic mass is 19.3. The van der Waals surface area contributed by atoms with Crippen molar-refractivity contribution in [1.82, 2.24) is 4.90 Å². The molecule has 7 heteroatoms. The number of nitrogens with zero attached hydrogens (tertiary/aromatic N) is 1. The van der Waals surface area contributed by atoms with Gasteiger partial charge in [-0.1, -0.05) is 12.1 Å². The van der Waals surface area contributed by atoms with Crippen molar-refractivity contribution in [3.63, 3.8) is 0 Å². The normalized spacial score (nSPS) is 12.8. The first-order valence-electron chi connectivity index (χ1n) is 7.72. The summed E-state index contributed by atoms with van der Waals surface area (Å²) in [5.41, 5.74) is 1.29. The van der Waals surface area contributed by atoms with Crippen molar-refractivity contribution in [1.29, 1.82) is 0 Å². The largest absolute Gasteiger partial charge is 0.486 e. The summed E-state index contributed by atoms with van der Waals surface area (Å²) in [4.78, 5) is 14.1. The zero-order valence-electron chi connectivity index (χ0n) is 13.6. The molecule has 1 heterocycles. The molecule has 1 aliphatic heterocycles. The smallest absolute Gasteiger partial charge is 0.387 e. The maximum absolute atomic E-state index is 12.6. The molecule has 132 valence electrons. The monoisotopic (exact) mass is 349 g/mol. The Hall–Kier alpha value is -2.83. The minimum Gasteiger partial charge on any atom is -0.486 e. The van der Waals surface area contributed by atoms with Crippen LogP contribution in [0.1, 0.15) is 15.9 Å². The number of hydrogen-bond donors (Lipinski definition) is 0. The molecule has 2 aromatic rings. The summed E-state index contributed by atoms with van der Waals surface area (Å²) in [5, 5.41) is 0. The highest BCUT2D eigenvalue weighted by Crippen LogP contribution is 2.31. The number of halogens is 2. The summed E-state index contributed by atoms with van der Waals surface area (Å²) in [5.74, 6) is 1.09. The average molecular weight is 349 g/mol. The van der Waals surface area contributed by atoms with Gasteiger partial charge < -0.3 is 19.1 Å². The van der Waals surface area contributed by atoms with E-state index in [2.05, 4.69) is 4.74 Å².